The number of benzene rings is 2. The summed E-state index contributed by atoms with van der Waals surface area (Å²) in [6, 6.07) is 18.0. The Morgan fingerprint density at radius 2 is 1.91 bits per heavy atom. The zero-order valence-electron chi connectivity index (χ0n) is 18.7. The van der Waals surface area contributed by atoms with Crippen molar-refractivity contribution in [2.24, 2.45) is 0 Å². The van der Waals surface area contributed by atoms with Crippen LogP contribution in [0.4, 0.5) is 0 Å². The van der Waals surface area contributed by atoms with E-state index in [2.05, 4.69) is 39.9 Å². The average molecular weight is 445 g/mol. The number of aromatic nitrogens is 1. The highest BCUT2D eigenvalue weighted by atomic mass is 16.5. The Morgan fingerprint density at radius 3 is 2.64 bits per heavy atom. The number of hydrogen-bond donors (Lipinski definition) is 1. The summed E-state index contributed by atoms with van der Waals surface area (Å²) in [5.41, 5.74) is 3.87. The van der Waals surface area contributed by atoms with Crippen LogP contribution in [0.3, 0.4) is 0 Å². The lowest BCUT2D eigenvalue weighted by Crippen LogP contribution is -2.32. The number of likely N-dealkylation sites (tertiary alicyclic amines) is 1. The van der Waals surface area contributed by atoms with Crippen molar-refractivity contribution in [3.63, 3.8) is 0 Å². The van der Waals surface area contributed by atoms with E-state index in [1.165, 1.54) is 23.6 Å². The molecular formula is C27H28N2O4. The molecule has 0 aliphatic carbocycles. The van der Waals surface area contributed by atoms with E-state index in [4.69, 9.17) is 9.15 Å². The highest BCUT2D eigenvalue weighted by Gasteiger charge is 2.24. The molecule has 4 aromatic rings. The van der Waals surface area contributed by atoms with Gasteiger partial charge in [0.25, 0.3) is 0 Å². The molecule has 0 bridgehead atoms. The molecule has 0 spiro atoms. The van der Waals surface area contributed by atoms with Gasteiger partial charge >= 0.3 is 5.97 Å². The van der Waals surface area contributed by atoms with Gasteiger partial charge in [0.05, 0.1) is 19.9 Å². The maximum Gasteiger partial charge on any atom is 0.339 e. The van der Waals surface area contributed by atoms with Crippen LogP contribution in [-0.4, -0.2) is 40.7 Å². The molecule has 0 unspecified atom stereocenters. The number of hydrogen-bond acceptors (Lipinski definition) is 4. The maximum atomic E-state index is 11.5. The molecule has 1 saturated heterocycles. The average Bonchev–Trinajstić information content (AvgIpc) is 3.48. The fourth-order valence-electron chi connectivity index (χ4n) is 4.98. The predicted molar refractivity (Wildman–Crippen MR) is 127 cm³/mol. The van der Waals surface area contributed by atoms with Gasteiger partial charge < -0.3 is 18.8 Å². The molecule has 1 aliphatic heterocycles. The molecule has 6 heteroatoms. The first-order chi connectivity index (χ1) is 16.1. The second-order valence-electron chi connectivity index (χ2n) is 8.70. The summed E-state index contributed by atoms with van der Waals surface area (Å²) in [6.07, 6.45) is 6.18. The molecule has 1 aliphatic rings. The molecule has 0 saturated carbocycles. The Balaban J connectivity index is 1.30. The number of piperidine rings is 1. The van der Waals surface area contributed by atoms with Crippen LogP contribution in [0, 0.1) is 0 Å². The fourth-order valence-corrected chi connectivity index (χ4v) is 4.98. The molecular weight excluding hydrogens is 416 g/mol. The third-order valence-corrected chi connectivity index (χ3v) is 6.65. The van der Waals surface area contributed by atoms with Gasteiger partial charge in [0, 0.05) is 23.6 Å². The van der Waals surface area contributed by atoms with Crippen LogP contribution in [0.2, 0.25) is 0 Å². The Morgan fingerprint density at radius 1 is 1.09 bits per heavy atom. The van der Waals surface area contributed by atoms with Gasteiger partial charge in [-0.3, -0.25) is 4.90 Å². The highest BCUT2D eigenvalue weighted by molar-refractivity contribution is 5.91. The normalized spacial score (nSPS) is 15.2. The second kappa shape index (κ2) is 9.16. The molecule has 1 fully saturated rings. The van der Waals surface area contributed by atoms with E-state index in [1.807, 2.05) is 18.2 Å². The summed E-state index contributed by atoms with van der Waals surface area (Å²) in [6.45, 7) is 3.45. The minimum Gasteiger partial charge on any atom is -0.496 e. The molecule has 2 aromatic carbocycles. The molecule has 5 rings (SSSR count). The first kappa shape index (κ1) is 21.3. The van der Waals surface area contributed by atoms with E-state index in [-0.39, 0.29) is 5.56 Å². The van der Waals surface area contributed by atoms with E-state index in [0.29, 0.717) is 11.7 Å². The lowest BCUT2D eigenvalue weighted by atomic mass is 9.89. The minimum absolute atomic E-state index is 0.217. The lowest BCUT2D eigenvalue weighted by molar-refractivity contribution is 0.0693. The molecule has 170 valence electrons. The summed E-state index contributed by atoms with van der Waals surface area (Å²) in [7, 11) is 1.50. The van der Waals surface area contributed by atoms with Gasteiger partial charge in [0.1, 0.15) is 17.1 Å². The number of fused-ring (bicyclic) bond motifs is 1. The first-order valence-corrected chi connectivity index (χ1v) is 11.3. The van der Waals surface area contributed by atoms with E-state index in [1.54, 1.807) is 18.4 Å². The van der Waals surface area contributed by atoms with Crippen LogP contribution in [-0.2, 0) is 13.1 Å². The third kappa shape index (κ3) is 4.39. The number of methoxy groups -OCH3 is 1. The minimum atomic E-state index is -0.960. The summed E-state index contributed by atoms with van der Waals surface area (Å²) in [5, 5.41) is 10.8. The van der Waals surface area contributed by atoms with Gasteiger partial charge in [0.15, 0.2) is 0 Å². The van der Waals surface area contributed by atoms with Crippen LogP contribution in [0.25, 0.3) is 10.9 Å². The smallest absolute Gasteiger partial charge is 0.339 e. The molecule has 1 N–H and O–H groups in total. The van der Waals surface area contributed by atoms with Crippen LogP contribution < -0.4 is 4.74 Å². The van der Waals surface area contributed by atoms with Crippen molar-refractivity contribution in [1.29, 1.82) is 0 Å². The number of carbonyl (C=O) groups is 1. The van der Waals surface area contributed by atoms with Crippen molar-refractivity contribution in [3.05, 3.63) is 89.5 Å². The maximum absolute atomic E-state index is 11.5. The zero-order chi connectivity index (χ0) is 22.8. The predicted octanol–water partition coefficient (Wildman–Crippen LogP) is 5.37. The molecule has 6 nitrogen and oxygen atoms in total. The highest BCUT2D eigenvalue weighted by Crippen LogP contribution is 2.35. The van der Waals surface area contributed by atoms with Gasteiger partial charge in [-0.15, -0.1) is 0 Å². The summed E-state index contributed by atoms with van der Waals surface area (Å²) in [5.74, 6) is 0.904. The summed E-state index contributed by atoms with van der Waals surface area (Å²) >= 11 is 0. The van der Waals surface area contributed by atoms with Crippen molar-refractivity contribution in [3.8, 4) is 5.75 Å². The van der Waals surface area contributed by atoms with E-state index >= 15 is 0 Å². The number of carboxylic acid groups (broad SMARTS) is 1. The third-order valence-electron chi connectivity index (χ3n) is 6.65. The van der Waals surface area contributed by atoms with Crippen molar-refractivity contribution < 1.29 is 19.1 Å². The van der Waals surface area contributed by atoms with E-state index < -0.39 is 5.97 Å². The number of aromatic carboxylic acids is 1. The van der Waals surface area contributed by atoms with E-state index in [9.17, 15) is 9.90 Å². The van der Waals surface area contributed by atoms with Gasteiger partial charge in [0.2, 0.25) is 0 Å². The van der Waals surface area contributed by atoms with Crippen molar-refractivity contribution in [2.45, 2.75) is 31.8 Å². The van der Waals surface area contributed by atoms with Gasteiger partial charge in [-0.1, -0.05) is 24.3 Å². The monoisotopic (exact) mass is 444 g/mol. The number of rotatable bonds is 7. The molecule has 33 heavy (non-hydrogen) atoms. The van der Waals surface area contributed by atoms with Crippen molar-refractivity contribution in [1.82, 2.24) is 9.47 Å². The van der Waals surface area contributed by atoms with Gasteiger partial charge in [-0.2, -0.15) is 0 Å². The van der Waals surface area contributed by atoms with Crippen LogP contribution in [0.1, 0.15) is 46.0 Å². The number of ether oxygens (including phenoxy) is 1. The lowest BCUT2D eigenvalue weighted by Gasteiger charge is -2.32. The molecule has 3 heterocycles. The van der Waals surface area contributed by atoms with Crippen LogP contribution >= 0.6 is 0 Å². The summed E-state index contributed by atoms with van der Waals surface area (Å²) in [4.78, 5) is 13.9. The second-order valence-corrected chi connectivity index (χ2v) is 8.70. The molecule has 0 amide bonds. The van der Waals surface area contributed by atoms with E-state index in [0.717, 1.165) is 50.3 Å². The Hall–Kier alpha value is -3.51. The molecule has 0 radical (unpaired) electrons. The van der Waals surface area contributed by atoms with Crippen LogP contribution in [0.15, 0.2) is 71.5 Å². The summed E-state index contributed by atoms with van der Waals surface area (Å²) < 4.78 is 13.1. The SMILES string of the molecule is COc1ccc(CN2CCC(c3cn(Cc4ccco4)c4ccccc34)CC2)cc1C(=O)O. The topological polar surface area (TPSA) is 67.8 Å². The Bertz CT molecular complexity index is 1250. The number of nitrogens with zero attached hydrogens (tertiary/aromatic N) is 2. The van der Waals surface area contributed by atoms with Crippen LogP contribution in [0.5, 0.6) is 5.75 Å². The quantitative estimate of drug-likeness (QED) is 0.415. The molecule has 2 aromatic heterocycles. The zero-order valence-corrected chi connectivity index (χ0v) is 18.7. The Labute approximate surface area is 193 Å². The fraction of sp³-hybridized carbons (Fsp3) is 0.296. The first-order valence-electron chi connectivity index (χ1n) is 11.3. The van der Waals surface area contributed by atoms with Crippen molar-refractivity contribution >= 4 is 16.9 Å². The molecule has 0 atom stereocenters. The standard InChI is InChI=1S/C27H28N2O4/c1-32-26-9-8-19(15-23(26)27(30)31)16-28-12-10-20(11-13-28)24-18-29(17-21-5-4-14-33-21)25-7-3-2-6-22(24)25/h2-9,14-15,18,20H,10-13,16-17H2,1H3,(H,30,31). The Kier molecular flexibility index (Phi) is 5.92. The number of furan rings is 1. The number of carboxylic acids is 1. The van der Waals surface area contributed by atoms with Gasteiger partial charge in [-0.05, 0) is 73.3 Å². The number of para-hydroxylation sites is 1. The van der Waals surface area contributed by atoms with Gasteiger partial charge in [-0.25, -0.2) is 4.79 Å². The largest absolute Gasteiger partial charge is 0.496 e. The van der Waals surface area contributed by atoms with Crippen molar-refractivity contribution in [2.75, 3.05) is 20.2 Å².